The molecular weight excluding hydrogens is 351 g/mol. The van der Waals surface area contributed by atoms with E-state index in [1.807, 2.05) is 0 Å². The van der Waals surface area contributed by atoms with Crippen LogP contribution in [0, 0.1) is 0 Å². The van der Waals surface area contributed by atoms with E-state index < -0.39 is 18.4 Å². The van der Waals surface area contributed by atoms with Crippen molar-refractivity contribution in [3.8, 4) is 0 Å². The summed E-state index contributed by atoms with van der Waals surface area (Å²) in [7, 11) is 0. The molecule has 20 heavy (non-hydrogen) atoms. The first-order valence-corrected chi connectivity index (χ1v) is 16.3. The third-order valence-electron chi connectivity index (χ3n) is 4.55. The molecule has 2 heteroatoms. The Kier molecular flexibility index (Phi) is 9.19. The Bertz CT molecular complexity index is 298. The first kappa shape index (κ1) is 18.3. The van der Waals surface area contributed by atoms with Crippen LogP contribution in [0.4, 0.5) is 0 Å². The zero-order valence-electron chi connectivity index (χ0n) is 14.0. The van der Waals surface area contributed by atoms with E-state index in [-0.39, 0.29) is 0 Å². The van der Waals surface area contributed by atoms with E-state index in [1.54, 1.807) is 13.3 Å². The van der Waals surface area contributed by atoms with Crippen molar-refractivity contribution in [1.82, 2.24) is 0 Å². The van der Waals surface area contributed by atoms with E-state index in [0.29, 0.717) is 0 Å². The van der Waals surface area contributed by atoms with Gasteiger partial charge in [-0.2, -0.15) is 0 Å². The molecule has 0 bridgehead atoms. The molecule has 0 aromatic carbocycles. The second-order valence-corrected chi connectivity index (χ2v) is 19.3. The van der Waals surface area contributed by atoms with Gasteiger partial charge in [0.15, 0.2) is 0 Å². The van der Waals surface area contributed by atoms with Crippen LogP contribution in [0.2, 0.25) is 13.3 Å². The molecule has 1 aliphatic heterocycles. The van der Waals surface area contributed by atoms with Gasteiger partial charge in [0, 0.05) is 0 Å². The van der Waals surface area contributed by atoms with E-state index in [2.05, 4.69) is 31.4 Å². The molecular formula is C18H34OSn. The van der Waals surface area contributed by atoms with Gasteiger partial charge in [-0.3, -0.25) is 0 Å². The van der Waals surface area contributed by atoms with Crippen LogP contribution in [-0.2, 0) is 4.74 Å². The molecule has 1 nitrogen and oxygen atoms in total. The molecule has 1 heterocycles. The summed E-state index contributed by atoms with van der Waals surface area (Å²) in [5.74, 6) is 0. The Labute approximate surface area is 130 Å². The molecule has 0 aliphatic carbocycles. The first-order valence-electron chi connectivity index (χ1n) is 8.65. The van der Waals surface area contributed by atoms with Gasteiger partial charge in [0.05, 0.1) is 0 Å². The van der Waals surface area contributed by atoms with Gasteiger partial charge >= 0.3 is 131 Å². The van der Waals surface area contributed by atoms with Gasteiger partial charge in [0.2, 0.25) is 0 Å². The first-order chi connectivity index (χ1) is 9.67. The Hall–Kier alpha value is 0.239. The predicted octanol–water partition coefficient (Wildman–Crippen LogP) is 5.89. The van der Waals surface area contributed by atoms with E-state index in [1.165, 1.54) is 49.7 Å². The van der Waals surface area contributed by atoms with Gasteiger partial charge in [0.25, 0.3) is 0 Å². The molecule has 1 fully saturated rings. The van der Waals surface area contributed by atoms with Crippen molar-refractivity contribution in [2.24, 2.45) is 0 Å². The van der Waals surface area contributed by atoms with Gasteiger partial charge in [-0.25, -0.2) is 0 Å². The van der Waals surface area contributed by atoms with Crippen LogP contribution in [0.5, 0.6) is 0 Å². The van der Waals surface area contributed by atoms with Crippen LogP contribution >= 0.6 is 0 Å². The van der Waals surface area contributed by atoms with Gasteiger partial charge in [-0.15, -0.1) is 0 Å². The summed E-state index contributed by atoms with van der Waals surface area (Å²) in [6.07, 6.45) is 8.33. The normalized spacial score (nSPS) is 18.1. The van der Waals surface area contributed by atoms with Crippen LogP contribution < -0.4 is 0 Å². The molecule has 0 aromatic heterocycles. The molecule has 0 atom stereocenters. The van der Waals surface area contributed by atoms with Crippen LogP contribution in [0.1, 0.15) is 59.3 Å². The van der Waals surface area contributed by atoms with Gasteiger partial charge < -0.3 is 0 Å². The Balaban J connectivity index is 2.89. The average molecular weight is 385 g/mol. The predicted molar refractivity (Wildman–Crippen MR) is 92.9 cm³/mol. The molecule has 0 radical (unpaired) electrons. The standard InChI is InChI=1S/C6H7O.3C4H9.Sn/c1-5-3-7-4-6(5)2;3*1-3-4-2;/h1H,2-4H2;3*1,3-4H2,2H3;. The Morgan fingerprint density at radius 2 is 1.45 bits per heavy atom. The second-order valence-electron chi connectivity index (χ2n) is 6.44. The van der Waals surface area contributed by atoms with Crippen molar-refractivity contribution in [3.63, 3.8) is 0 Å². The van der Waals surface area contributed by atoms with Crippen molar-refractivity contribution < 1.29 is 4.74 Å². The number of hydrogen-bond acceptors (Lipinski definition) is 1. The van der Waals surface area contributed by atoms with Gasteiger partial charge in [-0.05, 0) is 0 Å². The number of rotatable bonds is 10. The third kappa shape index (κ3) is 5.93. The fraction of sp³-hybridized carbons (Fsp3) is 0.778. The maximum atomic E-state index is 5.59. The molecule has 1 aliphatic rings. The molecule has 0 saturated carbocycles. The topological polar surface area (TPSA) is 9.23 Å². The van der Waals surface area contributed by atoms with E-state index >= 15 is 0 Å². The third-order valence-corrected chi connectivity index (χ3v) is 18.8. The monoisotopic (exact) mass is 386 g/mol. The molecule has 0 amide bonds. The molecule has 1 saturated heterocycles. The van der Waals surface area contributed by atoms with Crippen LogP contribution in [0.25, 0.3) is 0 Å². The molecule has 0 N–H and O–H groups in total. The maximum absolute atomic E-state index is 5.59. The van der Waals surface area contributed by atoms with Crippen LogP contribution in [0.3, 0.4) is 0 Å². The summed E-state index contributed by atoms with van der Waals surface area (Å²) in [5, 5.41) is 0. The van der Waals surface area contributed by atoms with E-state index in [9.17, 15) is 0 Å². The minimum atomic E-state index is -2.12. The number of hydrogen-bond donors (Lipinski definition) is 0. The SMILES string of the molecule is C=C1COC/C1=[CH]\[Sn]([CH2]CCC)([CH2]CCC)[CH2]CCC. The van der Waals surface area contributed by atoms with Crippen molar-refractivity contribution in [2.45, 2.75) is 72.6 Å². The summed E-state index contributed by atoms with van der Waals surface area (Å²) < 4.78 is 13.0. The second kappa shape index (κ2) is 10.0. The molecule has 1 rings (SSSR count). The fourth-order valence-corrected chi connectivity index (χ4v) is 18.5. The number of unbranched alkanes of at least 4 members (excludes halogenated alkanes) is 3. The zero-order valence-corrected chi connectivity index (χ0v) is 16.8. The molecule has 0 unspecified atom stereocenters. The molecule has 0 aromatic rings. The van der Waals surface area contributed by atoms with Gasteiger partial charge in [-0.1, -0.05) is 0 Å². The Morgan fingerprint density at radius 1 is 0.950 bits per heavy atom. The van der Waals surface area contributed by atoms with Crippen molar-refractivity contribution in [1.29, 1.82) is 0 Å². The van der Waals surface area contributed by atoms with E-state index in [4.69, 9.17) is 4.74 Å². The fourth-order valence-electron chi connectivity index (χ4n) is 3.17. The van der Waals surface area contributed by atoms with Gasteiger partial charge in [0.1, 0.15) is 0 Å². The summed E-state index contributed by atoms with van der Waals surface area (Å²) in [5.41, 5.74) is 2.74. The molecule has 0 spiro atoms. The molecule has 116 valence electrons. The Morgan fingerprint density at radius 3 is 1.80 bits per heavy atom. The number of ether oxygens (including phenoxy) is 1. The summed E-state index contributed by atoms with van der Waals surface area (Å²) in [6.45, 7) is 12.8. The van der Waals surface area contributed by atoms with Crippen molar-refractivity contribution in [3.05, 3.63) is 21.8 Å². The van der Waals surface area contributed by atoms with Crippen LogP contribution in [-0.4, -0.2) is 31.6 Å². The summed E-state index contributed by atoms with van der Waals surface area (Å²) >= 11 is -2.12. The minimum absolute atomic E-state index is 0.767. The van der Waals surface area contributed by atoms with E-state index in [0.717, 1.165) is 13.2 Å². The summed E-state index contributed by atoms with van der Waals surface area (Å²) in [6, 6.07) is 0. The average Bonchev–Trinajstić information content (AvgIpc) is 2.85. The zero-order chi connectivity index (χ0) is 14.8. The van der Waals surface area contributed by atoms with Crippen molar-refractivity contribution in [2.75, 3.05) is 13.2 Å². The summed E-state index contributed by atoms with van der Waals surface area (Å²) in [4.78, 5) is 0. The van der Waals surface area contributed by atoms with Crippen molar-refractivity contribution >= 4 is 18.4 Å². The van der Waals surface area contributed by atoms with Crippen LogP contribution in [0.15, 0.2) is 21.8 Å². The quantitative estimate of drug-likeness (QED) is 0.427.